The standard InChI is InChI=1S/C54H88O6/c1-4-7-10-13-16-19-22-24-26-28-29-32-35-38-41-44-47-53(56)59-50-51(49-58-52(55)46-43-40-37-34-31-21-18-15-12-9-6-3)60-54(57)48-45-42-39-36-33-30-27-25-23-20-17-14-11-8-5-2/h8,11,14-15,17-18,20-21,23,25-28,30-31,33,51H,4-7,9-10,12-13,16,19,22,24,29,32,34-50H2,1-3H3/b11-8-,17-14-,18-15-,23-20-,27-25-,28-26-,31-21-,33-30-. The fourth-order valence-electron chi connectivity index (χ4n) is 6.26. The van der Waals surface area contributed by atoms with Crippen LogP contribution in [0.2, 0.25) is 0 Å². The Morgan fingerprint density at radius 3 is 1.15 bits per heavy atom. The summed E-state index contributed by atoms with van der Waals surface area (Å²) < 4.78 is 16.7. The van der Waals surface area contributed by atoms with E-state index in [-0.39, 0.29) is 37.5 Å². The lowest BCUT2D eigenvalue weighted by molar-refractivity contribution is -0.167. The minimum absolute atomic E-state index is 0.109. The van der Waals surface area contributed by atoms with E-state index >= 15 is 0 Å². The van der Waals surface area contributed by atoms with Gasteiger partial charge in [-0.2, -0.15) is 0 Å². The van der Waals surface area contributed by atoms with Gasteiger partial charge in [-0.3, -0.25) is 14.4 Å². The molecule has 0 amide bonds. The van der Waals surface area contributed by atoms with Gasteiger partial charge in [-0.25, -0.2) is 0 Å². The first-order valence-electron chi connectivity index (χ1n) is 24.3. The van der Waals surface area contributed by atoms with Crippen molar-refractivity contribution in [2.75, 3.05) is 13.2 Å². The van der Waals surface area contributed by atoms with E-state index in [9.17, 15) is 14.4 Å². The van der Waals surface area contributed by atoms with E-state index in [1.165, 1.54) is 70.6 Å². The molecule has 0 fully saturated rings. The van der Waals surface area contributed by atoms with Gasteiger partial charge in [-0.05, 0) is 83.5 Å². The van der Waals surface area contributed by atoms with Crippen LogP contribution in [0, 0.1) is 0 Å². The van der Waals surface area contributed by atoms with Crippen LogP contribution >= 0.6 is 0 Å². The van der Waals surface area contributed by atoms with E-state index in [2.05, 4.69) is 69.4 Å². The molecule has 0 aromatic heterocycles. The van der Waals surface area contributed by atoms with Crippen molar-refractivity contribution < 1.29 is 28.6 Å². The Bertz CT molecular complexity index is 1230. The van der Waals surface area contributed by atoms with Crippen LogP contribution in [0.25, 0.3) is 0 Å². The van der Waals surface area contributed by atoms with Crippen molar-refractivity contribution in [3.05, 3.63) is 97.2 Å². The SMILES string of the molecule is CC\C=C/C=C\C=C/C=C\C=C/CCCCCC(=O)OC(COC(=O)CCCCC/C=C\C=C/CCCC)COC(=O)CCCCCCC/C=C\CCCCCCCCC. The smallest absolute Gasteiger partial charge is 0.306 e. The lowest BCUT2D eigenvalue weighted by Crippen LogP contribution is -2.30. The average Bonchev–Trinajstić information content (AvgIpc) is 3.24. The summed E-state index contributed by atoms with van der Waals surface area (Å²) in [6.07, 6.45) is 62.5. The van der Waals surface area contributed by atoms with Gasteiger partial charge in [0.2, 0.25) is 0 Å². The third-order valence-corrected chi connectivity index (χ3v) is 9.95. The lowest BCUT2D eigenvalue weighted by atomic mass is 10.1. The Kier molecular flexibility index (Phi) is 45.1. The molecule has 0 saturated heterocycles. The third-order valence-electron chi connectivity index (χ3n) is 9.95. The molecule has 6 heteroatoms. The number of rotatable bonds is 42. The van der Waals surface area contributed by atoms with Crippen molar-refractivity contribution in [3.8, 4) is 0 Å². The van der Waals surface area contributed by atoms with E-state index in [1.807, 2.05) is 48.6 Å². The number of carbonyl (C=O) groups is 3. The van der Waals surface area contributed by atoms with Gasteiger partial charge < -0.3 is 14.2 Å². The molecule has 0 heterocycles. The molecule has 0 saturated carbocycles. The second-order valence-electron chi connectivity index (χ2n) is 15.8. The molecule has 0 N–H and O–H groups in total. The van der Waals surface area contributed by atoms with Crippen LogP contribution in [0.3, 0.4) is 0 Å². The van der Waals surface area contributed by atoms with Crippen molar-refractivity contribution in [1.82, 2.24) is 0 Å². The highest BCUT2D eigenvalue weighted by Gasteiger charge is 2.19. The van der Waals surface area contributed by atoms with Gasteiger partial charge >= 0.3 is 17.9 Å². The van der Waals surface area contributed by atoms with E-state index in [4.69, 9.17) is 14.2 Å². The second kappa shape index (κ2) is 48.0. The highest BCUT2D eigenvalue weighted by molar-refractivity contribution is 5.71. The maximum Gasteiger partial charge on any atom is 0.306 e. The van der Waals surface area contributed by atoms with Crippen LogP contribution < -0.4 is 0 Å². The van der Waals surface area contributed by atoms with Crippen molar-refractivity contribution in [3.63, 3.8) is 0 Å². The van der Waals surface area contributed by atoms with Gasteiger partial charge in [0.05, 0.1) is 0 Å². The zero-order valence-corrected chi connectivity index (χ0v) is 38.7. The topological polar surface area (TPSA) is 78.9 Å². The van der Waals surface area contributed by atoms with Crippen LogP contribution in [0.4, 0.5) is 0 Å². The molecule has 0 aromatic carbocycles. The first-order valence-corrected chi connectivity index (χ1v) is 24.3. The lowest BCUT2D eigenvalue weighted by Gasteiger charge is -2.18. The molecule has 0 rings (SSSR count). The summed E-state index contributed by atoms with van der Waals surface area (Å²) in [7, 11) is 0. The molecule has 6 nitrogen and oxygen atoms in total. The molecule has 0 aliphatic heterocycles. The summed E-state index contributed by atoms with van der Waals surface area (Å²) in [5.41, 5.74) is 0. The minimum Gasteiger partial charge on any atom is -0.462 e. The fraction of sp³-hybridized carbons (Fsp3) is 0.648. The zero-order chi connectivity index (χ0) is 43.7. The molecule has 0 spiro atoms. The van der Waals surface area contributed by atoms with E-state index in [0.29, 0.717) is 19.3 Å². The molecule has 0 aromatic rings. The van der Waals surface area contributed by atoms with Crippen LogP contribution in [0.1, 0.15) is 207 Å². The monoisotopic (exact) mass is 833 g/mol. The molecule has 1 unspecified atom stereocenters. The molecule has 0 bridgehead atoms. The molecule has 0 aliphatic rings. The maximum atomic E-state index is 12.7. The molecule has 1 atom stereocenters. The Hall–Kier alpha value is -3.67. The molecule has 0 aliphatic carbocycles. The van der Waals surface area contributed by atoms with Gasteiger partial charge in [0.25, 0.3) is 0 Å². The van der Waals surface area contributed by atoms with Gasteiger partial charge in [-0.15, -0.1) is 0 Å². The zero-order valence-electron chi connectivity index (χ0n) is 38.7. The summed E-state index contributed by atoms with van der Waals surface area (Å²) in [6, 6.07) is 0. The summed E-state index contributed by atoms with van der Waals surface area (Å²) in [5.74, 6) is -0.995. The molecular weight excluding hydrogens is 745 g/mol. The number of hydrogen-bond acceptors (Lipinski definition) is 6. The first-order chi connectivity index (χ1) is 29.5. The summed E-state index contributed by atoms with van der Waals surface area (Å²) >= 11 is 0. The molecule has 340 valence electrons. The first kappa shape index (κ1) is 56.3. The van der Waals surface area contributed by atoms with Gasteiger partial charge in [0, 0.05) is 19.3 Å². The quantitative estimate of drug-likeness (QED) is 0.0200. The van der Waals surface area contributed by atoms with Crippen LogP contribution in [-0.2, 0) is 28.6 Å². The number of carbonyl (C=O) groups excluding carboxylic acids is 3. The third kappa shape index (κ3) is 45.4. The Labute approximate surface area is 368 Å². The van der Waals surface area contributed by atoms with Crippen molar-refractivity contribution in [2.24, 2.45) is 0 Å². The summed E-state index contributed by atoms with van der Waals surface area (Å²) in [6.45, 7) is 6.35. The largest absolute Gasteiger partial charge is 0.462 e. The predicted molar refractivity (Wildman–Crippen MR) is 256 cm³/mol. The highest BCUT2D eigenvalue weighted by Crippen LogP contribution is 2.13. The minimum atomic E-state index is -0.813. The van der Waals surface area contributed by atoms with Crippen LogP contribution in [-0.4, -0.2) is 37.2 Å². The number of ether oxygens (including phenoxy) is 3. The van der Waals surface area contributed by atoms with Gasteiger partial charge in [-0.1, -0.05) is 201 Å². The highest BCUT2D eigenvalue weighted by atomic mass is 16.6. The Morgan fingerprint density at radius 1 is 0.350 bits per heavy atom. The van der Waals surface area contributed by atoms with E-state index in [0.717, 1.165) is 89.9 Å². The normalized spacial score (nSPS) is 12.9. The number of hydrogen-bond donors (Lipinski definition) is 0. The number of allylic oxidation sites excluding steroid dienone is 16. The number of unbranched alkanes of at least 4 members (excludes halogenated alkanes) is 20. The summed E-state index contributed by atoms with van der Waals surface area (Å²) in [4.78, 5) is 37.8. The van der Waals surface area contributed by atoms with E-state index < -0.39 is 6.10 Å². The molecule has 60 heavy (non-hydrogen) atoms. The van der Waals surface area contributed by atoms with Gasteiger partial charge in [0.1, 0.15) is 13.2 Å². The second-order valence-corrected chi connectivity index (χ2v) is 15.8. The maximum absolute atomic E-state index is 12.7. The average molecular weight is 833 g/mol. The van der Waals surface area contributed by atoms with Crippen LogP contribution in [0.5, 0.6) is 0 Å². The predicted octanol–water partition coefficient (Wildman–Crippen LogP) is 15.8. The van der Waals surface area contributed by atoms with Crippen molar-refractivity contribution >= 4 is 17.9 Å². The Balaban J connectivity index is 4.51. The van der Waals surface area contributed by atoms with Gasteiger partial charge in [0.15, 0.2) is 6.10 Å². The molecule has 0 radical (unpaired) electrons. The molecular formula is C54H88O6. The summed E-state index contributed by atoms with van der Waals surface area (Å²) in [5, 5.41) is 0. The van der Waals surface area contributed by atoms with E-state index in [1.54, 1.807) is 0 Å². The fourth-order valence-corrected chi connectivity index (χ4v) is 6.26. The van der Waals surface area contributed by atoms with Crippen LogP contribution in [0.15, 0.2) is 97.2 Å². The van der Waals surface area contributed by atoms with Crippen molar-refractivity contribution in [1.29, 1.82) is 0 Å². The van der Waals surface area contributed by atoms with Crippen molar-refractivity contribution in [2.45, 2.75) is 213 Å². The Morgan fingerprint density at radius 2 is 0.683 bits per heavy atom. The number of esters is 3.